The molecule has 1 aromatic carbocycles. The molecule has 0 radical (unpaired) electrons. The number of aromatic nitrogens is 4. The van der Waals surface area contributed by atoms with Crippen LogP contribution >= 0.6 is 0 Å². The first-order valence-corrected chi connectivity index (χ1v) is 9.52. The van der Waals surface area contributed by atoms with Gasteiger partial charge in [-0.15, -0.1) is 0 Å². The maximum atomic E-state index is 5.65. The van der Waals surface area contributed by atoms with Crippen LogP contribution in [0.2, 0.25) is 0 Å². The standard InChI is InChI=1S/C21H21N5O2/c1-11-10-17-19(23-13(3)24-21(17)27-11)22-12(2)14-4-8-16(9-5-14)20-25-18(26-28-20)15-6-7-15/h4-5,8-10,12,15H,6-7H2,1-3H3,(H,22,23,24). The highest BCUT2D eigenvalue weighted by Crippen LogP contribution is 2.39. The van der Waals surface area contributed by atoms with Crippen molar-refractivity contribution in [1.29, 1.82) is 0 Å². The number of aryl methyl sites for hydroxylation is 2. The van der Waals surface area contributed by atoms with Gasteiger partial charge in [-0.3, -0.25) is 0 Å². The highest BCUT2D eigenvalue weighted by molar-refractivity contribution is 5.86. The van der Waals surface area contributed by atoms with E-state index < -0.39 is 0 Å². The summed E-state index contributed by atoms with van der Waals surface area (Å²) in [7, 11) is 0. The highest BCUT2D eigenvalue weighted by Gasteiger charge is 2.29. The van der Waals surface area contributed by atoms with Gasteiger partial charge in [-0.25, -0.2) is 4.98 Å². The van der Waals surface area contributed by atoms with E-state index in [9.17, 15) is 0 Å². The third-order valence-corrected chi connectivity index (χ3v) is 5.02. The van der Waals surface area contributed by atoms with Gasteiger partial charge in [0.15, 0.2) is 5.82 Å². The number of fused-ring (bicyclic) bond motifs is 1. The lowest BCUT2D eigenvalue weighted by Crippen LogP contribution is -2.09. The van der Waals surface area contributed by atoms with E-state index in [0.717, 1.165) is 46.8 Å². The number of furan rings is 1. The molecule has 1 aliphatic carbocycles. The zero-order chi connectivity index (χ0) is 19.3. The minimum absolute atomic E-state index is 0.0615. The Balaban J connectivity index is 1.37. The van der Waals surface area contributed by atoms with Gasteiger partial charge in [0.1, 0.15) is 17.4 Å². The van der Waals surface area contributed by atoms with E-state index in [1.54, 1.807) is 0 Å². The number of hydrogen-bond acceptors (Lipinski definition) is 7. The fraction of sp³-hybridized carbons (Fsp3) is 0.333. The van der Waals surface area contributed by atoms with Crippen molar-refractivity contribution in [3.63, 3.8) is 0 Å². The quantitative estimate of drug-likeness (QED) is 0.528. The lowest BCUT2D eigenvalue weighted by Gasteiger charge is -2.16. The Hall–Kier alpha value is -3.22. The fourth-order valence-corrected chi connectivity index (χ4v) is 3.32. The van der Waals surface area contributed by atoms with Gasteiger partial charge >= 0.3 is 0 Å². The van der Waals surface area contributed by atoms with Crippen molar-refractivity contribution in [2.24, 2.45) is 0 Å². The Morgan fingerprint density at radius 1 is 1.07 bits per heavy atom. The van der Waals surface area contributed by atoms with Crippen LogP contribution in [-0.4, -0.2) is 20.1 Å². The van der Waals surface area contributed by atoms with Crippen molar-refractivity contribution in [3.8, 4) is 11.5 Å². The second kappa shape index (κ2) is 6.44. The maximum Gasteiger partial charge on any atom is 0.257 e. The molecule has 1 unspecified atom stereocenters. The molecule has 1 saturated carbocycles. The van der Waals surface area contributed by atoms with Crippen molar-refractivity contribution in [1.82, 2.24) is 20.1 Å². The molecule has 4 aromatic rings. The topological polar surface area (TPSA) is 89.9 Å². The summed E-state index contributed by atoms with van der Waals surface area (Å²) in [6.07, 6.45) is 2.32. The normalized spacial score (nSPS) is 15.1. The predicted molar refractivity (Wildman–Crippen MR) is 105 cm³/mol. The van der Waals surface area contributed by atoms with Gasteiger partial charge < -0.3 is 14.3 Å². The molecule has 28 heavy (non-hydrogen) atoms. The molecule has 0 aliphatic heterocycles. The van der Waals surface area contributed by atoms with E-state index in [1.165, 1.54) is 0 Å². The Morgan fingerprint density at radius 2 is 1.86 bits per heavy atom. The average molecular weight is 375 g/mol. The first-order valence-electron chi connectivity index (χ1n) is 9.52. The second-order valence-corrected chi connectivity index (χ2v) is 7.42. The first-order chi connectivity index (χ1) is 13.6. The largest absolute Gasteiger partial charge is 0.443 e. The predicted octanol–water partition coefficient (Wildman–Crippen LogP) is 4.94. The number of rotatable bonds is 5. The molecule has 7 heteroatoms. The molecular formula is C21H21N5O2. The molecule has 0 saturated heterocycles. The third kappa shape index (κ3) is 3.13. The van der Waals surface area contributed by atoms with Gasteiger partial charge in [0.25, 0.3) is 5.89 Å². The molecule has 3 aromatic heterocycles. The third-order valence-electron chi connectivity index (χ3n) is 5.02. The number of anilines is 1. The molecule has 1 N–H and O–H groups in total. The summed E-state index contributed by atoms with van der Waals surface area (Å²) in [5.41, 5.74) is 2.68. The van der Waals surface area contributed by atoms with Crippen molar-refractivity contribution in [2.75, 3.05) is 5.32 Å². The molecule has 0 spiro atoms. The molecular weight excluding hydrogens is 354 g/mol. The van der Waals surface area contributed by atoms with Crippen molar-refractivity contribution in [2.45, 2.75) is 45.6 Å². The van der Waals surface area contributed by atoms with E-state index >= 15 is 0 Å². The van der Waals surface area contributed by atoms with Gasteiger partial charge in [-0.2, -0.15) is 9.97 Å². The summed E-state index contributed by atoms with van der Waals surface area (Å²) in [6.45, 7) is 5.88. The number of nitrogens with one attached hydrogen (secondary N) is 1. The molecule has 0 amide bonds. The van der Waals surface area contributed by atoms with Crippen LogP contribution in [0.25, 0.3) is 22.6 Å². The van der Waals surface area contributed by atoms with Crippen molar-refractivity contribution < 1.29 is 8.94 Å². The van der Waals surface area contributed by atoms with Crippen LogP contribution in [0.1, 0.15) is 54.7 Å². The summed E-state index contributed by atoms with van der Waals surface area (Å²) in [5.74, 6) is 4.17. The second-order valence-electron chi connectivity index (χ2n) is 7.42. The van der Waals surface area contributed by atoms with Gasteiger partial charge in [0.05, 0.1) is 5.39 Å². The SMILES string of the molecule is Cc1nc(NC(C)c2ccc(-c3nc(C4CC4)no3)cc2)c2cc(C)oc2n1. The first kappa shape index (κ1) is 16.9. The minimum atomic E-state index is 0.0615. The Morgan fingerprint density at radius 3 is 2.61 bits per heavy atom. The van der Waals surface area contributed by atoms with E-state index in [-0.39, 0.29) is 6.04 Å². The molecule has 142 valence electrons. The summed E-state index contributed by atoms with van der Waals surface area (Å²) >= 11 is 0. The van der Waals surface area contributed by atoms with Crippen LogP contribution in [0.4, 0.5) is 5.82 Å². The summed E-state index contributed by atoms with van der Waals surface area (Å²) in [6, 6.07) is 10.2. The number of hydrogen-bond donors (Lipinski definition) is 1. The molecule has 7 nitrogen and oxygen atoms in total. The van der Waals surface area contributed by atoms with Gasteiger partial charge in [0, 0.05) is 17.5 Å². The van der Waals surface area contributed by atoms with Crippen LogP contribution < -0.4 is 5.32 Å². The van der Waals surface area contributed by atoms with Gasteiger partial charge in [-0.1, -0.05) is 17.3 Å². The van der Waals surface area contributed by atoms with Crippen molar-refractivity contribution in [3.05, 3.63) is 53.3 Å². The fourth-order valence-electron chi connectivity index (χ4n) is 3.32. The van der Waals surface area contributed by atoms with Crippen LogP contribution in [0.3, 0.4) is 0 Å². The zero-order valence-corrected chi connectivity index (χ0v) is 16.1. The van der Waals surface area contributed by atoms with Crippen LogP contribution in [0.5, 0.6) is 0 Å². The molecule has 3 heterocycles. The Bertz CT molecular complexity index is 1140. The Labute approximate surface area is 162 Å². The lowest BCUT2D eigenvalue weighted by atomic mass is 10.1. The highest BCUT2D eigenvalue weighted by atomic mass is 16.5. The minimum Gasteiger partial charge on any atom is -0.443 e. The van der Waals surface area contributed by atoms with Crippen LogP contribution in [-0.2, 0) is 0 Å². The van der Waals surface area contributed by atoms with E-state index in [4.69, 9.17) is 8.94 Å². The van der Waals surface area contributed by atoms with Gasteiger partial charge in [-0.05, 0) is 57.4 Å². The molecule has 1 atom stereocenters. The maximum absolute atomic E-state index is 5.65. The molecule has 0 bridgehead atoms. The Kier molecular flexibility index (Phi) is 3.89. The summed E-state index contributed by atoms with van der Waals surface area (Å²) in [5, 5.41) is 8.46. The summed E-state index contributed by atoms with van der Waals surface area (Å²) < 4.78 is 11.1. The molecule has 1 aliphatic rings. The van der Waals surface area contributed by atoms with Crippen molar-refractivity contribution >= 4 is 16.9 Å². The number of benzene rings is 1. The number of nitrogens with zero attached hydrogens (tertiary/aromatic N) is 4. The van der Waals surface area contributed by atoms with E-state index in [0.29, 0.717) is 23.3 Å². The summed E-state index contributed by atoms with van der Waals surface area (Å²) in [4.78, 5) is 13.4. The van der Waals surface area contributed by atoms with E-state index in [1.807, 2.05) is 32.0 Å². The smallest absolute Gasteiger partial charge is 0.257 e. The molecule has 5 rings (SSSR count). The van der Waals surface area contributed by atoms with Crippen LogP contribution in [0.15, 0.2) is 39.3 Å². The average Bonchev–Trinajstić information content (AvgIpc) is 3.28. The monoisotopic (exact) mass is 375 g/mol. The molecule has 1 fully saturated rings. The van der Waals surface area contributed by atoms with Crippen LogP contribution in [0, 0.1) is 13.8 Å². The zero-order valence-electron chi connectivity index (χ0n) is 16.1. The van der Waals surface area contributed by atoms with E-state index in [2.05, 4.69) is 44.5 Å². The van der Waals surface area contributed by atoms with Gasteiger partial charge in [0.2, 0.25) is 5.71 Å². The lowest BCUT2D eigenvalue weighted by molar-refractivity contribution is 0.422.